The van der Waals surface area contributed by atoms with Crippen LogP contribution in [0.15, 0.2) is 78.1 Å². The third kappa shape index (κ3) is 9.43. The van der Waals surface area contributed by atoms with E-state index in [4.69, 9.17) is 15.4 Å². The average Bonchev–Trinajstić information content (AvgIpc) is 3.42. The van der Waals surface area contributed by atoms with E-state index in [0.717, 1.165) is 65.8 Å². The van der Waals surface area contributed by atoms with E-state index in [-0.39, 0.29) is 24.8 Å². The molecule has 0 radical (unpaired) electrons. The molecule has 0 spiro atoms. The quantitative estimate of drug-likeness (QED) is 0.158. The van der Waals surface area contributed by atoms with Gasteiger partial charge in [0.1, 0.15) is 0 Å². The van der Waals surface area contributed by atoms with Crippen LogP contribution in [0.4, 0.5) is 5.69 Å². The molecule has 38 heavy (non-hydrogen) atoms. The number of hydrogen-bond acceptors (Lipinski definition) is 7. The first-order valence-corrected chi connectivity index (χ1v) is 14.9. The third-order valence-corrected chi connectivity index (χ3v) is 7.87. The Balaban J connectivity index is 0.000000388. The highest BCUT2D eigenvalue weighted by molar-refractivity contribution is 8.20. The molecule has 1 N–H and O–H groups in total. The topological polar surface area (TPSA) is 57.3 Å². The molecule has 1 aliphatic rings. The van der Waals surface area contributed by atoms with Crippen molar-refractivity contribution in [3.8, 4) is 5.75 Å². The number of rotatable bonds is 9. The zero-order valence-corrected chi connectivity index (χ0v) is 25.3. The van der Waals surface area contributed by atoms with Crippen LogP contribution in [0.5, 0.6) is 5.75 Å². The molecule has 206 valence electrons. The summed E-state index contributed by atoms with van der Waals surface area (Å²) < 4.78 is 5.56. The van der Waals surface area contributed by atoms with Gasteiger partial charge in [-0.15, -0.1) is 36.6 Å². The molecule has 2 aromatic heterocycles. The number of piperazine rings is 1. The lowest BCUT2D eigenvalue weighted by molar-refractivity contribution is 0.259. The number of benzene rings is 2. The van der Waals surface area contributed by atoms with Crippen LogP contribution in [0.3, 0.4) is 0 Å². The number of nitrogens with zero attached hydrogens (tertiary/aromatic N) is 4. The minimum atomic E-state index is 0. The molecule has 0 saturated carbocycles. The zero-order chi connectivity index (χ0) is 25.0. The van der Waals surface area contributed by atoms with E-state index in [9.17, 15) is 0 Å². The first-order valence-electron chi connectivity index (χ1n) is 12.1. The summed E-state index contributed by atoms with van der Waals surface area (Å²) in [6, 6.07) is 20.7. The molecule has 2 aromatic carbocycles. The number of anilines is 1. The van der Waals surface area contributed by atoms with Gasteiger partial charge >= 0.3 is 0 Å². The largest absolute Gasteiger partial charge is 0.494 e. The van der Waals surface area contributed by atoms with Gasteiger partial charge in [0.25, 0.3) is 0 Å². The monoisotopic (exact) mass is 613 g/mol. The van der Waals surface area contributed by atoms with E-state index < -0.39 is 0 Å². The number of methoxy groups -OCH3 is 1. The van der Waals surface area contributed by atoms with E-state index in [2.05, 4.69) is 55.1 Å². The van der Waals surface area contributed by atoms with Gasteiger partial charge in [-0.05, 0) is 70.7 Å². The number of imidazole rings is 1. The van der Waals surface area contributed by atoms with Crippen molar-refractivity contribution >= 4 is 75.0 Å². The number of para-hydroxylation sites is 3. The number of nitrogens with one attached hydrogen (secondary N) is 1. The summed E-state index contributed by atoms with van der Waals surface area (Å²) in [5.74, 6) is 2.60. The lowest BCUT2D eigenvalue weighted by Gasteiger charge is -2.36. The Hall–Kier alpha value is -1.81. The number of aromatic amines is 1. The number of H-pyrrole nitrogens is 1. The average molecular weight is 615 g/mol. The highest BCUT2D eigenvalue weighted by atomic mass is 35.7. The fourth-order valence-electron chi connectivity index (χ4n) is 4.18. The molecule has 0 bridgehead atoms. The Morgan fingerprint density at radius 3 is 2.39 bits per heavy atom. The SMILES string of the molecule is COc1c(SCCCN2CCN(c3ccccc3)CC2)ccnc1CSCl.Cl.Cl.c1ccc2[nH]cnc2c1. The van der Waals surface area contributed by atoms with Crippen LogP contribution in [0, 0.1) is 0 Å². The van der Waals surface area contributed by atoms with Gasteiger partial charge in [0, 0.05) is 38.1 Å². The van der Waals surface area contributed by atoms with Crippen molar-refractivity contribution in [1.82, 2.24) is 19.9 Å². The first kappa shape index (κ1) is 32.4. The van der Waals surface area contributed by atoms with Gasteiger partial charge in [-0.1, -0.05) is 30.3 Å². The number of ether oxygens (including phenoxy) is 1. The minimum Gasteiger partial charge on any atom is -0.494 e. The maximum atomic E-state index is 5.78. The zero-order valence-electron chi connectivity index (χ0n) is 21.3. The molecule has 4 aromatic rings. The summed E-state index contributed by atoms with van der Waals surface area (Å²) in [5.41, 5.74) is 4.37. The molecule has 1 fully saturated rings. The molecule has 0 atom stereocenters. The lowest BCUT2D eigenvalue weighted by atomic mass is 10.2. The van der Waals surface area contributed by atoms with E-state index in [1.165, 1.54) is 23.1 Å². The van der Waals surface area contributed by atoms with Crippen LogP contribution in [0.1, 0.15) is 12.1 Å². The standard InChI is InChI=1S/C20H26ClN3OS2.C7H6N2.2ClH/c1-25-20-18(16-27-21)22-9-8-19(20)26-15-5-10-23-11-13-24(14-12-23)17-6-3-2-4-7-17;1-2-4-7-6(3-1)8-5-9-7;;/h2-4,6-9H,5,10-16H2,1H3;1-5H,(H,8,9);2*1H. The number of pyridine rings is 1. The molecule has 1 saturated heterocycles. The Morgan fingerprint density at radius 1 is 0.947 bits per heavy atom. The predicted molar refractivity (Wildman–Crippen MR) is 169 cm³/mol. The van der Waals surface area contributed by atoms with Gasteiger partial charge in [-0.25, -0.2) is 4.98 Å². The van der Waals surface area contributed by atoms with Gasteiger partial charge in [0.15, 0.2) is 5.75 Å². The maximum Gasteiger partial charge on any atom is 0.154 e. The first-order chi connectivity index (χ1) is 17.8. The third-order valence-electron chi connectivity index (χ3n) is 6.04. The van der Waals surface area contributed by atoms with Crippen molar-refractivity contribution in [2.45, 2.75) is 17.1 Å². The summed E-state index contributed by atoms with van der Waals surface area (Å²) in [5, 5.41) is 0. The highest BCUT2D eigenvalue weighted by Crippen LogP contribution is 2.34. The summed E-state index contributed by atoms with van der Waals surface area (Å²) in [6.45, 7) is 5.63. The summed E-state index contributed by atoms with van der Waals surface area (Å²) in [4.78, 5) is 17.6. The summed E-state index contributed by atoms with van der Waals surface area (Å²) >= 11 is 1.84. The number of halogens is 3. The normalized spacial score (nSPS) is 13.2. The molecule has 11 heteroatoms. The lowest BCUT2D eigenvalue weighted by Crippen LogP contribution is -2.46. The Morgan fingerprint density at radius 2 is 1.68 bits per heavy atom. The summed E-state index contributed by atoms with van der Waals surface area (Å²) in [7, 11) is 8.74. The van der Waals surface area contributed by atoms with Crippen LogP contribution in [0.2, 0.25) is 0 Å². The van der Waals surface area contributed by atoms with Gasteiger partial charge in [0.2, 0.25) is 0 Å². The van der Waals surface area contributed by atoms with Crippen molar-refractivity contribution in [2.24, 2.45) is 0 Å². The number of hydrogen-bond donors (Lipinski definition) is 1. The molecule has 0 aliphatic carbocycles. The van der Waals surface area contributed by atoms with Gasteiger partial charge in [0.05, 0.1) is 40.8 Å². The Labute approximate surface area is 250 Å². The predicted octanol–water partition coefficient (Wildman–Crippen LogP) is 7.19. The summed E-state index contributed by atoms with van der Waals surface area (Å²) in [6.07, 6.45) is 4.71. The Kier molecular flexibility index (Phi) is 15.1. The maximum absolute atomic E-state index is 5.78. The van der Waals surface area contributed by atoms with Gasteiger partial charge in [-0.2, -0.15) is 0 Å². The highest BCUT2D eigenvalue weighted by Gasteiger charge is 2.17. The van der Waals surface area contributed by atoms with Gasteiger partial charge < -0.3 is 14.6 Å². The van der Waals surface area contributed by atoms with E-state index in [0.29, 0.717) is 5.75 Å². The second-order valence-corrected chi connectivity index (χ2v) is 10.6. The molecule has 3 heterocycles. The smallest absolute Gasteiger partial charge is 0.154 e. The van der Waals surface area contributed by atoms with Crippen LogP contribution in [-0.4, -0.2) is 65.4 Å². The molecule has 1 aliphatic heterocycles. The Bertz CT molecular complexity index is 1160. The van der Waals surface area contributed by atoms with Crippen molar-refractivity contribution in [2.75, 3.05) is 50.5 Å². The van der Waals surface area contributed by atoms with E-state index in [1.807, 2.05) is 48.3 Å². The fourth-order valence-corrected chi connectivity index (χ4v) is 5.78. The van der Waals surface area contributed by atoms with E-state index in [1.54, 1.807) is 13.4 Å². The number of thioether (sulfide) groups is 1. The number of aromatic nitrogens is 3. The molecular weight excluding hydrogens is 581 g/mol. The van der Waals surface area contributed by atoms with Crippen LogP contribution < -0.4 is 9.64 Å². The number of fused-ring (bicyclic) bond motifs is 1. The molecule has 5 rings (SSSR count). The van der Waals surface area contributed by atoms with Crippen molar-refractivity contribution < 1.29 is 4.74 Å². The molecular formula is C27H34Cl3N5OS2. The fraction of sp³-hybridized carbons (Fsp3) is 0.333. The minimum absolute atomic E-state index is 0. The van der Waals surface area contributed by atoms with Crippen LogP contribution in [0.25, 0.3) is 11.0 Å². The molecule has 0 unspecified atom stereocenters. The second-order valence-electron chi connectivity index (χ2n) is 8.33. The molecule has 6 nitrogen and oxygen atoms in total. The van der Waals surface area contributed by atoms with Crippen molar-refractivity contribution in [3.63, 3.8) is 0 Å². The van der Waals surface area contributed by atoms with Crippen molar-refractivity contribution in [1.29, 1.82) is 0 Å². The van der Waals surface area contributed by atoms with Crippen LogP contribution in [-0.2, 0) is 5.75 Å². The molecule has 0 amide bonds. The second kappa shape index (κ2) is 17.7. The van der Waals surface area contributed by atoms with Gasteiger partial charge in [-0.3, -0.25) is 9.88 Å². The van der Waals surface area contributed by atoms with Crippen LogP contribution >= 0.6 is 58.2 Å². The van der Waals surface area contributed by atoms with E-state index >= 15 is 0 Å². The van der Waals surface area contributed by atoms with Crippen molar-refractivity contribution in [3.05, 3.63) is 78.9 Å².